The molecule has 0 bridgehead atoms. The molecule has 1 aliphatic heterocycles. The molecule has 1 unspecified atom stereocenters. The van der Waals surface area contributed by atoms with Gasteiger partial charge in [-0.05, 0) is 19.1 Å². The monoisotopic (exact) mass is 296 g/mol. The smallest absolute Gasteiger partial charge is 0.120 e. The lowest BCUT2D eigenvalue weighted by molar-refractivity contribution is 0.183. The topological polar surface area (TPSA) is 38.5 Å². The Morgan fingerprint density at radius 1 is 1.58 bits per heavy atom. The van der Waals surface area contributed by atoms with E-state index in [9.17, 15) is 0 Å². The summed E-state index contributed by atoms with van der Waals surface area (Å²) in [6, 6.07) is 8.31. The zero-order valence-electron chi connectivity index (χ0n) is 11.2. The van der Waals surface area contributed by atoms with Gasteiger partial charge >= 0.3 is 0 Å². The number of nitrogens with two attached hydrogens (primary N) is 1. The number of nitrogens with zero attached hydrogens (tertiary/aromatic N) is 1. The quantitative estimate of drug-likeness (QED) is 0.843. The maximum Gasteiger partial charge on any atom is 0.120 e. The Balaban J connectivity index is 1.82. The van der Waals surface area contributed by atoms with Gasteiger partial charge in [-0.1, -0.05) is 24.4 Å². The van der Waals surface area contributed by atoms with E-state index in [-0.39, 0.29) is 0 Å². The summed E-state index contributed by atoms with van der Waals surface area (Å²) < 4.78 is 5.78. The lowest BCUT2D eigenvalue weighted by atomic mass is 10.2. The average Bonchev–Trinajstić information content (AvgIpc) is 2.41. The molecule has 104 valence electrons. The Morgan fingerprint density at radius 3 is 3.16 bits per heavy atom. The van der Waals surface area contributed by atoms with Gasteiger partial charge in [0.2, 0.25) is 0 Å². The van der Waals surface area contributed by atoms with E-state index < -0.39 is 0 Å². The molecule has 2 N–H and O–H groups in total. The van der Waals surface area contributed by atoms with Gasteiger partial charge in [0.15, 0.2) is 0 Å². The standard InChI is InChI=1S/C14H20N2OS2/c1-11-10-19-8-6-16(11)5-7-17-13-4-2-3-12(9-13)14(15)18/h2-4,9,11H,5-8,10H2,1H3,(H2,15,18). The zero-order chi connectivity index (χ0) is 13.7. The Bertz CT molecular complexity index is 439. The first-order valence-corrected chi connectivity index (χ1v) is 8.07. The summed E-state index contributed by atoms with van der Waals surface area (Å²) in [6.45, 7) is 5.11. The van der Waals surface area contributed by atoms with Crippen molar-refractivity contribution >= 4 is 29.0 Å². The summed E-state index contributed by atoms with van der Waals surface area (Å²) in [5.74, 6) is 3.28. The van der Waals surface area contributed by atoms with Crippen LogP contribution in [0.3, 0.4) is 0 Å². The summed E-state index contributed by atoms with van der Waals surface area (Å²) in [5, 5.41) is 0. The highest BCUT2D eigenvalue weighted by atomic mass is 32.2. The molecule has 0 aromatic heterocycles. The maximum atomic E-state index is 5.78. The van der Waals surface area contributed by atoms with Crippen LogP contribution in [0.15, 0.2) is 24.3 Å². The molecule has 1 heterocycles. The van der Waals surface area contributed by atoms with Crippen LogP contribution < -0.4 is 10.5 Å². The molecule has 5 heteroatoms. The van der Waals surface area contributed by atoms with Crippen LogP contribution in [0, 0.1) is 0 Å². The average molecular weight is 296 g/mol. The second-order valence-corrected chi connectivity index (χ2v) is 6.29. The molecule has 1 aromatic rings. The van der Waals surface area contributed by atoms with Gasteiger partial charge in [-0.3, -0.25) is 4.90 Å². The van der Waals surface area contributed by atoms with Crippen LogP contribution in [0.2, 0.25) is 0 Å². The molecule has 1 aliphatic rings. The third-order valence-corrected chi connectivity index (χ3v) is 4.70. The third-order valence-electron chi connectivity index (χ3n) is 3.27. The summed E-state index contributed by atoms with van der Waals surface area (Å²) in [7, 11) is 0. The van der Waals surface area contributed by atoms with Crippen LogP contribution in [0.4, 0.5) is 0 Å². The Kier molecular flexibility index (Phi) is 5.48. The normalized spacial score (nSPS) is 20.2. The number of benzene rings is 1. The molecule has 2 rings (SSSR count). The van der Waals surface area contributed by atoms with Gasteiger partial charge in [-0.15, -0.1) is 0 Å². The fraction of sp³-hybridized carbons (Fsp3) is 0.500. The maximum absolute atomic E-state index is 5.78. The van der Waals surface area contributed by atoms with E-state index in [0.29, 0.717) is 17.6 Å². The van der Waals surface area contributed by atoms with Crippen molar-refractivity contribution in [3.05, 3.63) is 29.8 Å². The molecule has 0 spiro atoms. The molecule has 0 amide bonds. The van der Waals surface area contributed by atoms with E-state index in [0.717, 1.165) is 24.4 Å². The molecule has 1 atom stereocenters. The SMILES string of the molecule is CC1CSCCN1CCOc1cccc(C(N)=S)c1. The number of hydrogen-bond acceptors (Lipinski definition) is 4. The Morgan fingerprint density at radius 2 is 2.42 bits per heavy atom. The van der Waals surface area contributed by atoms with Gasteiger partial charge in [0, 0.05) is 36.2 Å². The van der Waals surface area contributed by atoms with Crippen LogP contribution in [0.25, 0.3) is 0 Å². The minimum atomic E-state index is 0.409. The highest BCUT2D eigenvalue weighted by molar-refractivity contribution is 7.99. The Hall–Kier alpha value is -0.780. The molecular formula is C14H20N2OS2. The summed E-state index contributed by atoms with van der Waals surface area (Å²) in [6.07, 6.45) is 0. The molecule has 0 saturated carbocycles. The predicted molar refractivity (Wildman–Crippen MR) is 86.2 cm³/mol. The second kappa shape index (κ2) is 7.12. The first-order chi connectivity index (χ1) is 9.16. The molecule has 3 nitrogen and oxygen atoms in total. The summed E-state index contributed by atoms with van der Waals surface area (Å²) >= 11 is 6.99. The van der Waals surface area contributed by atoms with E-state index >= 15 is 0 Å². The molecule has 1 fully saturated rings. The van der Waals surface area contributed by atoms with Gasteiger partial charge < -0.3 is 10.5 Å². The first-order valence-electron chi connectivity index (χ1n) is 6.51. The first kappa shape index (κ1) is 14.6. The van der Waals surface area contributed by atoms with E-state index in [1.165, 1.54) is 11.5 Å². The lowest BCUT2D eigenvalue weighted by Crippen LogP contribution is -2.42. The molecule has 19 heavy (non-hydrogen) atoms. The number of thioether (sulfide) groups is 1. The fourth-order valence-electron chi connectivity index (χ4n) is 2.11. The molecule has 1 saturated heterocycles. The van der Waals surface area contributed by atoms with Crippen molar-refractivity contribution in [3.8, 4) is 5.75 Å². The second-order valence-electron chi connectivity index (χ2n) is 4.70. The van der Waals surface area contributed by atoms with Crippen LogP contribution >= 0.6 is 24.0 Å². The molecule has 0 radical (unpaired) electrons. The van der Waals surface area contributed by atoms with Crippen molar-refractivity contribution < 1.29 is 4.74 Å². The van der Waals surface area contributed by atoms with Gasteiger partial charge in [0.1, 0.15) is 17.3 Å². The molecule has 1 aromatic carbocycles. The summed E-state index contributed by atoms with van der Waals surface area (Å²) in [4.78, 5) is 2.89. The predicted octanol–water partition coefficient (Wildman–Crippen LogP) is 2.14. The Labute approximate surface area is 124 Å². The zero-order valence-corrected chi connectivity index (χ0v) is 12.8. The van der Waals surface area contributed by atoms with Crippen molar-refractivity contribution in [3.63, 3.8) is 0 Å². The van der Waals surface area contributed by atoms with Crippen LogP contribution in [0.1, 0.15) is 12.5 Å². The van der Waals surface area contributed by atoms with Crippen molar-refractivity contribution in [1.82, 2.24) is 4.90 Å². The van der Waals surface area contributed by atoms with Crippen molar-refractivity contribution in [2.75, 3.05) is 31.2 Å². The number of ether oxygens (including phenoxy) is 1. The minimum Gasteiger partial charge on any atom is -0.492 e. The number of thiocarbonyl (C=S) groups is 1. The van der Waals surface area contributed by atoms with Gasteiger partial charge in [-0.2, -0.15) is 11.8 Å². The largest absolute Gasteiger partial charge is 0.492 e. The van der Waals surface area contributed by atoms with Gasteiger partial charge in [0.05, 0.1) is 0 Å². The number of rotatable bonds is 5. The molecule has 0 aliphatic carbocycles. The highest BCUT2D eigenvalue weighted by Gasteiger charge is 2.17. The highest BCUT2D eigenvalue weighted by Crippen LogP contribution is 2.16. The summed E-state index contributed by atoms with van der Waals surface area (Å²) in [5.41, 5.74) is 6.47. The van der Waals surface area contributed by atoms with Crippen molar-refractivity contribution in [1.29, 1.82) is 0 Å². The van der Waals surface area contributed by atoms with Crippen molar-refractivity contribution in [2.45, 2.75) is 13.0 Å². The van der Waals surface area contributed by atoms with Crippen LogP contribution in [-0.2, 0) is 0 Å². The third kappa shape index (κ3) is 4.37. The fourth-order valence-corrected chi connectivity index (χ4v) is 3.32. The van der Waals surface area contributed by atoms with E-state index in [2.05, 4.69) is 11.8 Å². The van der Waals surface area contributed by atoms with Gasteiger partial charge in [0.25, 0.3) is 0 Å². The van der Waals surface area contributed by atoms with Gasteiger partial charge in [-0.25, -0.2) is 0 Å². The van der Waals surface area contributed by atoms with E-state index in [1.54, 1.807) is 0 Å². The number of hydrogen-bond donors (Lipinski definition) is 1. The van der Waals surface area contributed by atoms with E-state index in [1.807, 2.05) is 36.0 Å². The minimum absolute atomic E-state index is 0.409. The van der Waals surface area contributed by atoms with Crippen LogP contribution in [-0.4, -0.2) is 47.1 Å². The lowest BCUT2D eigenvalue weighted by Gasteiger charge is -2.32. The van der Waals surface area contributed by atoms with E-state index in [4.69, 9.17) is 22.7 Å². The van der Waals surface area contributed by atoms with Crippen LogP contribution in [0.5, 0.6) is 5.75 Å². The van der Waals surface area contributed by atoms with Crippen molar-refractivity contribution in [2.24, 2.45) is 5.73 Å². The molecular weight excluding hydrogens is 276 g/mol.